The van der Waals surface area contributed by atoms with Gasteiger partial charge >= 0.3 is 0 Å². The van der Waals surface area contributed by atoms with Crippen LogP contribution in [0.3, 0.4) is 0 Å². The first-order valence-corrected chi connectivity index (χ1v) is 3.11. The Hall–Kier alpha value is -1.44. The zero-order valence-corrected chi connectivity index (χ0v) is 5.36. The lowest BCUT2D eigenvalue weighted by molar-refractivity contribution is 1.35. The molecule has 0 N–H and O–H groups in total. The van der Waals surface area contributed by atoms with Crippen molar-refractivity contribution in [2.45, 2.75) is 0 Å². The Morgan fingerprint density at radius 3 is 3.10 bits per heavy atom. The number of nitrogens with zero attached hydrogens (tertiary/aromatic N) is 2. The monoisotopic (exact) mass is 130 g/mol. The van der Waals surface area contributed by atoms with E-state index in [4.69, 9.17) is 0 Å². The number of hydrogen-bond donors (Lipinski definition) is 0. The van der Waals surface area contributed by atoms with Crippen LogP contribution in [0.15, 0.2) is 36.8 Å². The van der Waals surface area contributed by atoms with Gasteiger partial charge in [-0.2, -0.15) is 0 Å². The van der Waals surface area contributed by atoms with Crippen molar-refractivity contribution in [3.63, 3.8) is 0 Å². The summed E-state index contributed by atoms with van der Waals surface area (Å²) in [6, 6.07) is 5.85. The smallest absolute Gasteiger partial charge is 0.0899 e. The molecule has 2 heterocycles. The van der Waals surface area contributed by atoms with Crippen LogP contribution >= 0.6 is 0 Å². The van der Waals surface area contributed by atoms with Gasteiger partial charge < -0.3 is 0 Å². The molecule has 0 bridgehead atoms. The standard InChI is InChI=1S/C8H6N2/c1-2-4-10-8-6-9-5-7(8)3-1/h1-6H. The van der Waals surface area contributed by atoms with Gasteiger partial charge in [0.1, 0.15) is 0 Å². The molecule has 0 unspecified atom stereocenters. The maximum absolute atomic E-state index is 4.14. The minimum absolute atomic E-state index is 0.949. The van der Waals surface area contributed by atoms with Crippen LogP contribution in [0.1, 0.15) is 0 Å². The molecule has 2 aliphatic heterocycles. The van der Waals surface area contributed by atoms with E-state index in [9.17, 15) is 0 Å². The van der Waals surface area contributed by atoms with Crippen LogP contribution in [-0.2, 0) is 0 Å². The molecule has 2 nitrogen and oxygen atoms in total. The van der Waals surface area contributed by atoms with E-state index in [1.807, 2.05) is 24.4 Å². The number of aromatic nitrogens is 2. The minimum Gasteiger partial charge on any atom is -0.262 e. The third-order valence-corrected chi connectivity index (χ3v) is 1.39. The molecule has 0 amide bonds. The van der Waals surface area contributed by atoms with Crippen LogP contribution < -0.4 is 0 Å². The second-order valence-electron chi connectivity index (χ2n) is 2.08. The molecule has 0 aromatic heterocycles. The second kappa shape index (κ2) is 2.06. The molecular formula is C8H6N2. The second-order valence-corrected chi connectivity index (χ2v) is 2.08. The topological polar surface area (TPSA) is 25.8 Å². The summed E-state index contributed by atoms with van der Waals surface area (Å²) in [5.41, 5.74) is 2.04. The van der Waals surface area contributed by atoms with Crippen molar-refractivity contribution < 1.29 is 0 Å². The summed E-state index contributed by atoms with van der Waals surface area (Å²) in [4.78, 5) is 8.11. The van der Waals surface area contributed by atoms with Crippen molar-refractivity contribution in [3.8, 4) is 11.3 Å². The molecule has 0 saturated carbocycles. The maximum Gasteiger partial charge on any atom is 0.0899 e. The molecule has 0 radical (unpaired) electrons. The van der Waals surface area contributed by atoms with Crippen LogP contribution in [-0.4, -0.2) is 9.97 Å². The Bertz CT molecular complexity index is 278. The van der Waals surface area contributed by atoms with Gasteiger partial charge in [0.25, 0.3) is 0 Å². The average Bonchev–Trinajstić information content (AvgIpc) is 2.28. The first kappa shape index (κ1) is 5.35. The van der Waals surface area contributed by atoms with Crippen molar-refractivity contribution in [2.24, 2.45) is 0 Å². The Morgan fingerprint density at radius 2 is 2.10 bits per heavy atom. The van der Waals surface area contributed by atoms with Gasteiger partial charge in [0, 0.05) is 18.0 Å². The molecule has 0 fully saturated rings. The van der Waals surface area contributed by atoms with E-state index < -0.39 is 0 Å². The highest BCUT2D eigenvalue weighted by atomic mass is 14.7. The molecule has 0 atom stereocenters. The summed E-state index contributed by atoms with van der Waals surface area (Å²) in [6.07, 6.45) is 5.34. The zero-order chi connectivity index (χ0) is 6.81. The predicted molar refractivity (Wildman–Crippen MR) is 38.7 cm³/mol. The zero-order valence-electron chi connectivity index (χ0n) is 5.36. The highest BCUT2D eigenvalue weighted by molar-refractivity contribution is 5.57. The maximum atomic E-state index is 4.14. The third-order valence-electron chi connectivity index (χ3n) is 1.39. The number of hydrogen-bond acceptors (Lipinski definition) is 2. The van der Waals surface area contributed by atoms with Crippen molar-refractivity contribution in [1.29, 1.82) is 0 Å². The fourth-order valence-electron chi connectivity index (χ4n) is 0.897. The first-order chi connectivity index (χ1) is 4.97. The van der Waals surface area contributed by atoms with Crippen LogP contribution in [0.5, 0.6) is 0 Å². The Balaban J connectivity index is 2.74. The number of fused-ring (bicyclic) bond motifs is 1. The van der Waals surface area contributed by atoms with Gasteiger partial charge in [-0.3, -0.25) is 9.97 Å². The van der Waals surface area contributed by atoms with Crippen molar-refractivity contribution in [3.05, 3.63) is 36.8 Å². The van der Waals surface area contributed by atoms with Gasteiger partial charge in [0.15, 0.2) is 0 Å². The average molecular weight is 130 g/mol. The summed E-state index contributed by atoms with van der Waals surface area (Å²) in [5.74, 6) is 0. The lowest BCUT2D eigenvalue weighted by Crippen LogP contribution is -1.67. The van der Waals surface area contributed by atoms with Crippen molar-refractivity contribution in [1.82, 2.24) is 9.97 Å². The summed E-state index contributed by atoms with van der Waals surface area (Å²) in [6.45, 7) is 0. The lowest BCUT2D eigenvalue weighted by atomic mass is 10.3. The van der Waals surface area contributed by atoms with Gasteiger partial charge in [-0.15, -0.1) is 0 Å². The quantitative estimate of drug-likeness (QED) is 0.541. The van der Waals surface area contributed by atoms with Gasteiger partial charge in [-0.1, -0.05) is 12.1 Å². The van der Waals surface area contributed by atoms with Gasteiger partial charge in [0.2, 0.25) is 0 Å². The van der Waals surface area contributed by atoms with Crippen LogP contribution in [0.25, 0.3) is 11.3 Å². The van der Waals surface area contributed by atoms with Gasteiger partial charge in [-0.05, 0) is 6.07 Å². The highest BCUT2D eigenvalue weighted by Gasteiger charge is 1.98. The van der Waals surface area contributed by atoms with Crippen molar-refractivity contribution in [2.75, 3.05) is 0 Å². The molecule has 2 heteroatoms. The summed E-state index contributed by atoms with van der Waals surface area (Å²) >= 11 is 0. The van der Waals surface area contributed by atoms with E-state index in [1.165, 1.54) is 0 Å². The Morgan fingerprint density at radius 1 is 1.10 bits per heavy atom. The van der Waals surface area contributed by atoms with E-state index >= 15 is 0 Å². The van der Waals surface area contributed by atoms with E-state index in [0.29, 0.717) is 0 Å². The van der Waals surface area contributed by atoms with Gasteiger partial charge in [-0.25, -0.2) is 0 Å². The van der Waals surface area contributed by atoms with Gasteiger partial charge in [0.05, 0.1) is 11.9 Å². The predicted octanol–water partition coefficient (Wildman–Crippen LogP) is 1.58. The molecule has 0 aromatic rings. The molecular weight excluding hydrogens is 124 g/mol. The van der Waals surface area contributed by atoms with Crippen molar-refractivity contribution >= 4 is 0 Å². The molecule has 0 saturated heterocycles. The van der Waals surface area contributed by atoms with E-state index in [2.05, 4.69) is 9.97 Å². The summed E-state index contributed by atoms with van der Waals surface area (Å²) < 4.78 is 0. The van der Waals surface area contributed by atoms with E-state index in [-0.39, 0.29) is 0 Å². The third kappa shape index (κ3) is 0.739. The molecule has 10 heavy (non-hydrogen) atoms. The summed E-state index contributed by atoms with van der Waals surface area (Å²) in [5, 5.41) is 0. The molecule has 2 aliphatic rings. The summed E-state index contributed by atoms with van der Waals surface area (Å²) in [7, 11) is 0. The van der Waals surface area contributed by atoms with E-state index in [0.717, 1.165) is 11.3 Å². The van der Waals surface area contributed by atoms with E-state index in [1.54, 1.807) is 12.4 Å². The molecule has 0 spiro atoms. The Kier molecular flexibility index (Phi) is 1.10. The first-order valence-electron chi connectivity index (χ1n) is 3.11. The molecule has 0 aromatic carbocycles. The molecule has 0 aliphatic carbocycles. The lowest BCUT2D eigenvalue weighted by Gasteiger charge is -1.82. The minimum atomic E-state index is 0.949. The SMILES string of the molecule is c1ccc2cncc-2nc1. The van der Waals surface area contributed by atoms with Crippen LogP contribution in [0.4, 0.5) is 0 Å². The molecule has 2 rings (SSSR count). The van der Waals surface area contributed by atoms with Crippen LogP contribution in [0, 0.1) is 0 Å². The fraction of sp³-hybridized carbons (Fsp3) is 0. The van der Waals surface area contributed by atoms with Crippen LogP contribution in [0.2, 0.25) is 0 Å². The largest absolute Gasteiger partial charge is 0.262 e. The molecule has 48 valence electrons. The normalized spacial score (nSPS) is 10.0. The Labute approximate surface area is 58.9 Å². The highest BCUT2D eigenvalue weighted by Crippen LogP contribution is 2.14. The fourth-order valence-corrected chi connectivity index (χ4v) is 0.897. The number of rotatable bonds is 0.